The van der Waals surface area contributed by atoms with E-state index in [1.807, 2.05) is 6.92 Å². The minimum Gasteiger partial charge on any atom is -0.362 e. The van der Waals surface area contributed by atoms with Gasteiger partial charge in [-0.3, -0.25) is 4.98 Å². The highest BCUT2D eigenvalue weighted by Gasteiger charge is 2.30. The molecule has 1 aromatic carbocycles. The number of fused-ring (bicyclic) bond motifs is 1. The molecule has 2 aromatic heterocycles. The van der Waals surface area contributed by atoms with E-state index in [0.29, 0.717) is 11.5 Å². The summed E-state index contributed by atoms with van der Waals surface area (Å²) in [5.41, 5.74) is 0.651. The molecule has 0 aliphatic heterocycles. The van der Waals surface area contributed by atoms with Crippen molar-refractivity contribution in [2.24, 2.45) is 0 Å². The van der Waals surface area contributed by atoms with Crippen LogP contribution in [-0.2, 0) is 6.18 Å². The van der Waals surface area contributed by atoms with Crippen LogP contribution in [0.25, 0.3) is 5.65 Å². The smallest absolute Gasteiger partial charge is 0.362 e. The molecule has 2 heterocycles. The van der Waals surface area contributed by atoms with Crippen molar-refractivity contribution in [1.29, 1.82) is 0 Å². The monoisotopic (exact) mass is 307 g/mol. The number of hydrogen-bond donors (Lipinski definition) is 1. The Hall–Kier alpha value is -2.64. The van der Waals surface area contributed by atoms with Gasteiger partial charge in [-0.2, -0.15) is 22.8 Å². The van der Waals surface area contributed by atoms with E-state index in [-0.39, 0.29) is 6.04 Å². The molecule has 0 aliphatic carbocycles. The van der Waals surface area contributed by atoms with Crippen molar-refractivity contribution in [2.75, 3.05) is 5.32 Å². The first-order chi connectivity index (χ1) is 10.4. The van der Waals surface area contributed by atoms with Crippen molar-refractivity contribution in [3.05, 3.63) is 54.1 Å². The number of hydrogen-bond acceptors (Lipinski definition) is 4. The van der Waals surface area contributed by atoms with Crippen molar-refractivity contribution < 1.29 is 13.2 Å². The van der Waals surface area contributed by atoms with E-state index in [9.17, 15) is 13.2 Å². The molecule has 0 amide bonds. The zero-order chi connectivity index (χ0) is 15.7. The van der Waals surface area contributed by atoms with Gasteiger partial charge in [0.15, 0.2) is 5.65 Å². The van der Waals surface area contributed by atoms with Crippen LogP contribution in [0.1, 0.15) is 24.1 Å². The number of benzene rings is 1. The van der Waals surface area contributed by atoms with Gasteiger partial charge in [-0.25, -0.2) is 4.98 Å². The fraction of sp³-hybridized carbons (Fsp3) is 0.214. The lowest BCUT2D eigenvalue weighted by Crippen LogP contribution is -2.11. The molecule has 0 radical (unpaired) electrons. The summed E-state index contributed by atoms with van der Waals surface area (Å²) in [5, 5.41) is 7.23. The summed E-state index contributed by atoms with van der Waals surface area (Å²) < 4.78 is 39.3. The first-order valence-electron chi connectivity index (χ1n) is 6.52. The minimum atomic E-state index is -4.33. The van der Waals surface area contributed by atoms with Crippen LogP contribution in [0.3, 0.4) is 0 Å². The van der Waals surface area contributed by atoms with Crippen LogP contribution in [0.4, 0.5) is 19.0 Å². The first kappa shape index (κ1) is 14.3. The van der Waals surface area contributed by atoms with E-state index >= 15 is 0 Å². The summed E-state index contributed by atoms with van der Waals surface area (Å²) in [6.45, 7) is 1.85. The lowest BCUT2D eigenvalue weighted by molar-refractivity contribution is -0.137. The number of aromatic nitrogens is 4. The average Bonchev–Trinajstić information content (AvgIpc) is 2.96. The molecule has 1 atom stereocenters. The Bertz CT molecular complexity index is 779. The van der Waals surface area contributed by atoms with Crippen LogP contribution in [0.2, 0.25) is 0 Å². The number of rotatable bonds is 3. The first-order valence-corrected chi connectivity index (χ1v) is 6.52. The number of anilines is 1. The van der Waals surface area contributed by atoms with Crippen LogP contribution in [-0.4, -0.2) is 19.6 Å². The zero-order valence-electron chi connectivity index (χ0n) is 11.5. The quantitative estimate of drug-likeness (QED) is 0.806. The minimum absolute atomic E-state index is 0.209. The van der Waals surface area contributed by atoms with Gasteiger partial charge in [-0.1, -0.05) is 12.1 Å². The van der Waals surface area contributed by atoms with Crippen molar-refractivity contribution in [3.63, 3.8) is 0 Å². The van der Waals surface area contributed by atoms with Crippen molar-refractivity contribution in [3.8, 4) is 0 Å². The highest BCUT2D eigenvalue weighted by molar-refractivity contribution is 5.46. The second-order valence-corrected chi connectivity index (χ2v) is 4.81. The normalized spacial score (nSPS) is 13.3. The molecule has 22 heavy (non-hydrogen) atoms. The second kappa shape index (κ2) is 5.28. The molecule has 0 bridgehead atoms. The van der Waals surface area contributed by atoms with Crippen LogP contribution in [0.5, 0.6) is 0 Å². The molecule has 3 rings (SSSR count). The Balaban J connectivity index is 1.82. The van der Waals surface area contributed by atoms with Crippen LogP contribution in [0.15, 0.2) is 43.0 Å². The molecular weight excluding hydrogens is 295 g/mol. The fourth-order valence-corrected chi connectivity index (χ4v) is 2.12. The third kappa shape index (κ3) is 2.72. The van der Waals surface area contributed by atoms with Gasteiger partial charge in [0.25, 0.3) is 0 Å². The molecule has 0 fully saturated rings. The third-order valence-electron chi connectivity index (χ3n) is 3.29. The molecule has 5 nitrogen and oxygen atoms in total. The van der Waals surface area contributed by atoms with E-state index in [1.54, 1.807) is 16.9 Å². The van der Waals surface area contributed by atoms with Gasteiger partial charge in [0.05, 0.1) is 18.0 Å². The molecule has 8 heteroatoms. The Morgan fingerprint density at radius 3 is 2.55 bits per heavy atom. The van der Waals surface area contributed by atoms with Gasteiger partial charge in [-0.05, 0) is 24.6 Å². The van der Waals surface area contributed by atoms with Crippen molar-refractivity contribution >= 4 is 11.5 Å². The number of nitrogens with one attached hydrogen (secondary N) is 1. The Morgan fingerprint density at radius 1 is 1.14 bits per heavy atom. The maximum absolute atomic E-state index is 12.6. The largest absolute Gasteiger partial charge is 0.416 e. The lowest BCUT2D eigenvalue weighted by atomic mass is 10.1. The molecule has 0 unspecified atom stereocenters. The topological polar surface area (TPSA) is 55.1 Å². The maximum atomic E-state index is 12.6. The molecule has 0 aliphatic rings. The van der Waals surface area contributed by atoms with Gasteiger partial charge in [0.1, 0.15) is 12.1 Å². The maximum Gasteiger partial charge on any atom is 0.416 e. The lowest BCUT2D eigenvalue weighted by Gasteiger charge is -2.16. The molecule has 1 N–H and O–H groups in total. The summed E-state index contributed by atoms with van der Waals surface area (Å²) in [5.74, 6) is 0.613. The standard InChI is InChI=1S/C14H12F3N5/c1-9(10-2-4-11(5-3-10)14(15,16)17)21-13-7-18-6-12-19-8-20-22(12)13/h2-9,21H,1H3/t9-/m1/s1. The van der Waals surface area contributed by atoms with Gasteiger partial charge >= 0.3 is 6.18 Å². The molecule has 0 spiro atoms. The summed E-state index contributed by atoms with van der Waals surface area (Å²) >= 11 is 0. The zero-order valence-corrected chi connectivity index (χ0v) is 11.5. The molecule has 0 saturated heterocycles. The van der Waals surface area contributed by atoms with E-state index in [4.69, 9.17) is 0 Å². The van der Waals surface area contributed by atoms with Crippen LogP contribution in [0, 0.1) is 0 Å². The van der Waals surface area contributed by atoms with Crippen LogP contribution < -0.4 is 5.32 Å². The summed E-state index contributed by atoms with van der Waals surface area (Å²) in [6.07, 6.45) is 0.236. The molecular formula is C14H12F3N5. The van der Waals surface area contributed by atoms with Crippen molar-refractivity contribution in [1.82, 2.24) is 19.6 Å². The Labute approximate surface area is 123 Å². The Kier molecular flexibility index (Phi) is 3.44. The van der Waals surface area contributed by atoms with Gasteiger partial charge in [-0.15, -0.1) is 0 Å². The summed E-state index contributed by atoms with van der Waals surface area (Å²) in [6, 6.07) is 4.84. The van der Waals surface area contributed by atoms with Gasteiger partial charge < -0.3 is 5.32 Å². The van der Waals surface area contributed by atoms with E-state index in [0.717, 1.165) is 17.7 Å². The molecule has 3 aromatic rings. The molecule has 114 valence electrons. The fourth-order valence-electron chi connectivity index (χ4n) is 2.12. The second-order valence-electron chi connectivity index (χ2n) is 4.81. The van der Waals surface area contributed by atoms with E-state index < -0.39 is 11.7 Å². The van der Waals surface area contributed by atoms with Crippen molar-refractivity contribution in [2.45, 2.75) is 19.1 Å². The number of halogens is 3. The van der Waals surface area contributed by atoms with E-state index in [1.165, 1.54) is 18.5 Å². The molecule has 0 saturated carbocycles. The highest BCUT2D eigenvalue weighted by atomic mass is 19.4. The summed E-state index contributed by atoms with van der Waals surface area (Å²) in [4.78, 5) is 8.07. The third-order valence-corrected chi connectivity index (χ3v) is 3.29. The number of nitrogens with zero attached hydrogens (tertiary/aromatic N) is 4. The van der Waals surface area contributed by atoms with Gasteiger partial charge in [0, 0.05) is 6.04 Å². The van der Waals surface area contributed by atoms with Gasteiger partial charge in [0.2, 0.25) is 0 Å². The summed E-state index contributed by atoms with van der Waals surface area (Å²) in [7, 11) is 0. The highest BCUT2D eigenvalue weighted by Crippen LogP contribution is 2.30. The van der Waals surface area contributed by atoms with Crippen LogP contribution >= 0.6 is 0 Å². The number of alkyl halides is 3. The average molecular weight is 307 g/mol. The Morgan fingerprint density at radius 2 is 1.86 bits per heavy atom. The predicted molar refractivity (Wildman–Crippen MR) is 74.3 cm³/mol. The van der Waals surface area contributed by atoms with E-state index in [2.05, 4.69) is 20.4 Å². The SMILES string of the molecule is C[C@@H](Nc1cncc2ncnn12)c1ccc(C(F)(F)F)cc1. The predicted octanol–water partition coefficient (Wildman–Crippen LogP) is 3.32.